The maximum absolute atomic E-state index is 10.4. The summed E-state index contributed by atoms with van der Waals surface area (Å²) in [6.07, 6.45) is 3.28. The monoisotopic (exact) mass is 230 g/mol. The summed E-state index contributed by atoms with van der Waals surface area (Å²) in [6.45, 7) is 0. The fourth-order valence-electron chi connectivity index (χ4n) is 1.24. The van der Waals surface area contributed by atoms with Crippen LogP contribution >= 0.6 is 23.2 Å². The second-order valence-electron chi connectivity index (χ2n) is 3.19. The number of carbonyl (C=O) groups excluding carboxylic acids is 1. The second kappa shape index (κ2) is 6.05. The molecule has 0 amide bonds. The Morgan fingerprint density at radius 3 is 2.36 bits per heavy atom. The molecule has 76 valence electrons. The van der Waals surface area contributed by atoms with Crippen LogP contribution < -0.4 is 0 Å². The van der Waals surface area contributed by atoms with E-state index in [2.05, 4.69) is 0 Å². The minimum Gasteiger partial charge on any atom is -0.281 e. The van der Waals surface area contributed by atoms with E-state index in [1.807, 2.05) is 24.3 Å². The molecule has 0 spiro atoms. The Morgan fingerprint density at radius 1 is 1.14 bits per heavy atom. The highest BCUT2D eigenvalue weighted by molar-refractivity contribution is 6.63. The smallest absolute Gasteiger partial charge is 0.221 e. The number of rotatable bonds is 5. The fraction of sp³-hybridized carbons (Fsp3) is 0.364. The van der Waals surface area contributed by atoms with E-state index >= 15 is 0 Å². The van der Waals surface area contributed by atoms with Gasteiger partial charge in [0.15, 0.2) is 0 Å². The molecule has 3 heteroatoms. The minimum atomic E-state index is -0.249. The third-order valence-corrected chi connectivity index (χ3v) is 2.44. The number of hydrogen-bond acceptors (Lipinski definition) is 1. The first-order valence-corrected chi connectivity index (χ1v) is 5.37. The van der Waals surface area contributed by atoms with E-state index in [0.29, 0.717) is 6.42 Å². The van der Waals surface area contributed by atoms with E-state index in [9.17, 15) is 4.79 Å². The van der Waals surface area contributed by atoms with Crippen molar-refractivity contribution in [3.63, 3.8) is 0 Å². The maximum atomic E-state index is 10.4. The highest BCUT2D eigenvalue weighted by atomic mass is 35.5. The standard InChI is InChI=1S/C11H12Cl2O/c12-10-7-5-9(6-8-10)3-1-2-4-11(13)14/h5-8H,1-4H2. The lowest BCUT2D eigenvalue weighted by molar-refractivity contribution is -0.111. The van der Waals surface area contributed by atoms with Crippen LogP contribution in [0.15, 0.2) is 24.3 Å². The largest absolute Gasteiger partial charge is 0.281 e. The molecule has 0 saturated carbocycles. The summed E-state index contributed by atoms with van der Waals surface area (Å²) in [5.74, 6) is 0. The average Bonchev–Trinajstić information content (AvgIpc) is 2.15. The zero-order chi connectivity index (χ0) is 10.4. The molecule has 1 nitrogen and oxygen atoms in total. The van der Waals surface area contributed by atoms with Gasteiger partial charge in [-0.1, -0.05) is 23.7 Å². The van der Waals surface area contributed by atoms with Crippen LogP contribution in [0.1, 0.15) is 24.8 Å². The van der Waals surface area contributed by atoms with Crippen LogP contribution in [0, 0.1) is 0 Å². The summed E-state index contributed by atoms with van der Waals surface area (Å²) in [5, 5.41) is 0.505. The number of unbranched alkanes of at least 4 members (excludes halogenated alkanes) is 1. The van der Waals surface area contributed by atoms with Crippen LogP contribution in [0.25, 0.3) is 0 Å². The molecule has 0 atom stereocenters. The van der Waals surface area contributed by atoms with Crippen LogP contribution in [0.5, 0.6) is 0 Å². The SMILES string of the molecule is O=C(Cl)CCCCc1ccc(Cl)cc1. The van der Waals surface area contributed by atoms with Crippen molar-refractivity contribution in [3.8, 4) is 0 Å². The van der Waals surface area contributed by atoms with Gasteiger partial charge in [0.1, 0.15) is 0 Å². The molecule has 0 radical (unpaired) electrons. The summed E-state index contributed by atoms with van der Waals surface area (Å²) < 4.78 is 0. The molecule has 0 aliphatic rings. The van der Waals surface area contributed by atoms with Gasteiger partial charge < -0.3 is 0 Å². The first kappa shape index (κ1) is 11.5. The Bertz CT molecular complexity index is 293. The number of aryl methyl sites for hydroxylation is 1. The molecule has 0 aliphatic heterocycles. The van der Waals surface area contributed by atoms with E-state index in [4.69, 9.17) is 23.2 Å². The van der Waals surface area contributed by atoms with E-state index in [1.165, 1.54) is 5.56 Å². The van der Waals surface area contributed by atoms with Crippen molar-refractivity contribution in [3.05, 3.63) is 34.9 Å². The van der Waals surface area contributed by atoms with Crippen molar-refractivity contribution >= 4 is 28.4 Å². The number of halogens is 2. The van der Waals surface area contributed by atoms with Crippen molar-refractivity contribution in [2.75, 3.05) is 0 Å². The van der Waals surface area contributed by atoms with E-state index in [1.54, 1.807) is 0 Å². The lowest BCUT2D eigenvalue weighted by Gasteiger charge is -2.00. The molecule has 0 bridgehead atoms. The molecule has 0 heterocycles. The highest BCUT2D eigenvalue weighted by Gasteiger charge is 1.97. The Labute approximate surface area is 94.0 Å². The van der Waals surface area contributed by atoms with Crippen molar-refractivity contribution in [2.24, 2.45) is 0 Å². The van der Waals surface area contributed by atoms with Crippen LogP contribution in [0.3, 0.4) is 0 Å². The molecule has 0 aliphatic carbocycles. The van der Waals surface area contributed by atoms with Crippen molar-refractivity contribution in [2.45, 2.75) is 25.7 Å². The predicted octanol–water partition coefficient (Wildman–Crippen LogP) is 3.82. The van der Waals surface area contributed by atoms with Gasteiger partial charge in [-0.3, -0.25) is 4.79 Å². The topological polar surface area (TPSA) is 17.1 Å². The molecular formula is C11H12Cl2O. The van der Waals surface area contributed by atoms with Crippen molar-refractivity contribution < 1.29 is 4.79 Å². The molecular weight excluding hydrogens is 219 g/mol. The van der Waals surface area contributed by atoms with E-state index < -0.39 is 0 Å². The van der Waals surface area contributed by atoms with Gasteiger partial charge in [-0.15, -0.1) is 0 Å². The normalized spacial score (nSPS) is 10.1. The summed E-state index contributed by atoms with van der Waals surface area (Å²) in [7, 11) is 0. The lowest BCUT2D eigenvalue weighted by atomic mass is 10.1. The summed E-state index contributed by atoms with van der Waals surface area (Å²) in [6, 6.07) is 7.77. The molecule has 0 N–H and O–H groups in total. The second-order valence-corrected chi connectivity index (χ2v) is 4.05. The van der Waals surface area contributed by atoms with Gasteiger partial charge in [-0.05, 0) is 48.6 Å². The average molecular weight is 231 g/mol. The zero-order valence-corrected chi connectivity index (χ0v) is 9.31. The number of hydrogen-bond donors (Lipinski definition) is 0. The van der Waals surface area contributed by atoms with Gasteiger partial charge in [-0.25, -0.2) is 0 Å². The minimum absolute atomic E-state index is 0.249. The summed E-state index contributed by atoms with van der Waals surface area (Å²) in [5.41, 5.74) is 1.25. The van der Waals surface area contributed by atoms with Crippen LogP contribution in [0.2, 0.25) is 5.02 Å². The van der Waals surface area contributed by atoms with Crippen molar-refractivity contribution in [1.29, 1.82) is 0 Å². The van der Waals surface area contributed by atoms with Crippen LogP contribution in [0.4, 0.5) is 0 Å². The van der Waals surface area contributed by atoms with Gasteiger partial charge in [0.25, 0.3) is 0 Å². The first-order valence-electron chi connectivity index (χ1n) is 4.61. The fourth-order valence-corrected chi connectivity index (χ4v) is 1.50. The van der Waals surface area contributed by atoms with Gasteiger partial charge in [0, 0.05) is 11.4 Å². The number of benzene rings is 1. The third kappa shape index (κ3) is 4.64. The van der Waals surface area contributed by atoms with Crippen LogP contribution in [-0.2, 0) is 11.2 Å². The zero-order valence-electron chi connectivity index (χ0n) is 7.80. The lowest BCUT2D eigenvalue weighted by Crippen LogP contribution is -1.89. The summed E-state index contributed by atoms with van der Waals surface area (Å²) in [4.78, 5) is 10.4. The molecule has 0 fully saturated rings. The van der Waals surface area contributed by atoms with Gasteiger partial charge in [-0.2, -0.15) is 0 Å². The van der Waals surface area contributed by atoms with E-state index in [-0.39, 0.29) is 5.24 Å². The number of carbonyl (C=O) groups is 1. The highest BCUT2D eigenvalue weighted by Crippen LogP contribution is 2.12. The Kier molecular flexibility index (Phi) is 4.99. The molecule has 1 aromatic rings. The van der Waals surface area contributed by atoms with E-state index in [0.717, 1.165) is 24.3 Å². The third-order valence-electron chi connectivity index (χ3n) is 2.00. The van der Waals surface area contributed by atoms with Crippen LogP contribution in [-0.4, -0.2) is 5.24 Å². The molecule has 0 aromatic heterocycles. The Balaban J connectivity index is 2.25. The van der Waals surface area contributed by atoms with Gasteiger partial charge in [0.2, 0.25) is 5.24 Å². The quantitative estimate of drug-likeness (QED) is 0.556. The summed E-state index contributed by atoms with van der Waals surface area (Å²) >= 11 is 11.0. The predicted molar refractivity (Wildman–Crippen MR) is 59.9 cm³/mol. The Hall–Kier alpha value is -0.530. The van der Waals surface area contributed by atoms with Gasteiger partial charge in [0.05, 0.1) is 0 Å². The molecule has 1 aromatic carbocycles. The Morgan fingerprint density at radius 2 is 1.79 bits per heavy atom. The molecule has 1 rings (SSSR count). The molecule has 0 saturated heterocycles. The van der Waals surface area contributed by atoms with Crippen molar-refractivity contribution in [1.82, 2.24) is 0 Å². The first-order chi connectivity index (χ1) is 6.68. The maximum Gasteiger partial charge on any atom is 0.221 e. The molecule has 0 unspecified atom stereocenters. The van der Waals surface area contributed by atoms with Gasteiger partial charge >= 0.3 is 0 Å². The molecule has 14 heavy (non-hydrogen) atoms.